The molecule has 2 nitrogen and oxygen atoms in total. The van der Waals surface area contributed by atoms with Crippen molar-refractivity contribution in [3.63, 3.8) is 0 Å². The van der Waals surface area contributed by atoms with Crippen molar-refractivity contribution < 1.29 is 14.2 Å². The fourth-order valence-corrected chi connectivity index (χ4v) is 6.56. The maximum atomic E-state index is 12.4. The summed E-state index contributed by atoms with van der Waals surface area (Å²) in [6.45, 7) is 6.57. The molecule has 40 heavy (non-hydrogen) atoms. The summed E-state index contributed by atoms with van der Waals surface area (Å²) in [4.78, 5) is 0. The van der Waals surface area contributed by atoms with Gasteiger partial charge in [-0.3, -0.25) is 4.39 Å². The minimum Gasteiger partial charge on any atom is -0.508 e. The van der Waals surface area contributed by atoms with Crippen LogP contribution in [-0.4, -0.2) is 17.9 Å². The smallest absolute Gasteiger partial charge is 0.119 e. The standard InChI is InChI=1S/C37H45FO2/c1-37(2,3)30-16-12-27(13-17-30)34-10-7-9-29-25-31(39)18-22-35(29)36(34)28-14-20-32(21-15-28)40-33-19-11-26(24-33)8-5-4-6-23-38/h12-18,20-22,25-26,33,39H,4-11,19,23-24H2,1-3H3/t26?,33-/m0/s1. The molecule has 1 fully saturated rings. The summed E-state index contributed by atoms with van der Waals surface area (Å²) in [5.41, 5.74) is 8.97. The van der Waals surface area contributed by atoms with E-state index in [-0.39, 0.29) is 18.2 Å². The number of unbranched alkanes of at least 4 members (excludes halogenated alkanes) is 2. The normalized spacial score (nSPS) is 19.4. The zero-order chi connectivity index (χ0) is 28.1. The van der Waals surface area contributed by atoms with Crippen molar-refractivity contribution in [1.29, 1.82) is 0 Å². The van der Waals surface area contributed by atoms with Crippen LogP contribution in [0.1, 0.15) is 106 Å². The first-order valence-electron chi connectivity index (χ1n) is 15.3. The molecule has 0 amide bonds. The van der Waals surface area contributed by atoms with Gasteiger partial charge in [0.05, 0.1) is 12.8 Å². The number of rotatable bonds is 9. The van der Waals surface area contributed by atoms with Crippen molar-refractivity contribution in [3.05, 3.63) is 94.5 Å². The number of halogens is 1. The Morgan fingerprint density at radius 3 is 2.33 bits per heavy atom. The first-order valence-corrected chi connectivity index (χ1v) is 15.3. The van der Waals surface area contributed by atoms with Gasteiger partial charge >= 0.3 is 0 Å². The summed E-state index contributed by atoms with van der Waals surface area (Å²) >= 11 is 0. The van der Waals surface area contributed by atoms with Crippen molar-refractivity contribution in [2.24, 2.45) is 5.92 Å². The van der Waals surface area contributed by atoms with Gasteiger partial charge in [0.2, 0.25) is 0 Å². The lowest BCUT2D eigenvalue weighted by Gasteiger charge is -2.21. The first kappa shape index (κ1) is 28.5. The van der Waals surface area contributed by atoms with E-state index in [1.807, 2.05) is 12.1 Å². The van der Waals surface area contributed by atoms with Crippen LogP contribution in [0.2, 0.25) is 0 Å². The molecule has 2 atom stereocenters. The monoisotopic (exact) mass is 540 g/mol. The summed E-state index contributed by atoms with van der Waals surface area (Å²) in [5.74, 6) is 1.97. The van der Waals surface area contributed by atoms with Crippen molar-refractivity contribution in [3.8, 4) is 11.5 Å². The van der Waals surface area contributed by atoms with Gasteiger partial charge in [0.15, 0.2) is 0 Å². The SMILES string of the molecule is CC(C)(C)c1ccc(C2=C(c3ccc(O[C@H]4CCC(CCCCCF)C4)cc3)c3ccc(O)cc3CCC2)cc1. The molecule has 0 saturated heterocycles. The second-order valence-corrected chi connectivity index (χ2v) is 12.9. The number of phenolic OH excluding ortho intramolecular Hbond substituents is 1. The minimum absolute atomic E-state index is 0.119. The summed E-state index contributed by atoms with van der Waals surface area (Å²) in [5, 5.41) is 10.2. The second kappa shape index (κ2) is 12.6. The predicted octanol–water partition coefficient (Wildman–Crippen LogP) is 10.1. The molecule has 0 aliphatic heterocycles. The molecule has 5 rings (SSSR count). The molecular weight excluding hydrogens is 495 g/mol. The van der Waals surface area contributed by atoms with Gasteiger partial charge in [0, 0.05) is 0 Å². The lowest BCUT2D eigenvalue weighted by Crippen LogP contribution is -2.12. The lowest BCUT2D eigenvalue weighted by molar-refractivity contribution is 0.203. The molecule has 3 aromatic carbocycles. The number of alkyl halides is 1. The molecule has 2 aliphatic carbocycles. The van der Waals surface area contributed by atoms with Gasteiger partial charge in [-0.05, 0) is 120 Å². The third-order valence-electron chi connectivity index (χ3n) is 8.82. The average Bonchev–Trinajstić information content (AvgIpc) is 3.29. The summed E-state index contributed by atoms with van der Waals surface area (Å²) in [7, 11) is 0. The summed E-state index contributed by atoms with van der Waals surface area (Å²) < 4.78 is 18.8. The van der Waals surface area contributed by atoms with Crippen LogP contribution in [-0.2, 0) is 11.8 Å². The fraction of sp³-hybridized carbons (Fsp3) is 0.459. The third kappa shape index (κ3) is 6.79. The Bertz CT molecular complexity index is 1300. The van der Waals surface area contributed by atoms with E-state index < -0.39 is 0 Å². The van der Waals surface area contributed by atoms with E-state index in [0.717, 1.165) is 50.7 Å². The van der Waals surface area contributed by atoms with Gasteiger partial charge in [-0.2, -0.15) is 0 Å². The van der Waals surface area contributed by atoms with Crippen molar-refractivity contribution in [1.82, 2.24) is 0 Å². The largest absolute Gasteiger partial charge is 0.508 e. The van der Waals surface area contributed by atoms with Gasteiger partial charge in [0.25, 0.3) is 0 Å². The Hall–Kier alpha value is -3.07. The van der Waals surface area contributed by atoms with Crippen LogP contribution >= 0.6 is 0 Å². The molecule has 1 saturated carbocycles. The van der Waals surface area contributed by atoms with E-state index in [0.29, 0.717) is 18.1 Å². The van der Waals surface area contributed by atoms with Crippen LogP contribution in [0.5, 0.6) is 11.5 Å². The predicted molar refractivity (Wildman–Crippen MR) is 165 cm³/mol. The topological polar surface area (TPSA) is 29.5 Å². The van der Waals surface area contributed by atoms with Crippen molar-refractivity contribution in [2.75, 3.05) is 6.67 Å². The maximum Gasteiger partial charge on any atom is 0.119 e. The van der Waals surface area contributed by atoms with Crippen LogP contribution in [0.3, 0.4) is 0 Å². The highest BCUT2D eigenvalue weighted by molar-refractivity contribution is 6.00. The van der Waals surface area contributed by atoms with E-state index in [1.165, 1.54) is 51.8 Å². The number of fused-ring (bicyclic) bond motifs is 1. The highest BCUT2D eigenvalue weighted by Crippen LogP contribution is 2.42. The molecule has 2 aliphatic rings. The van der Waals surface area contributed by atoms with Gasteiger partial charge in [-0.15, -0.1) is 0 Å². The minimum atomic E-state index is -0.192. The molecule has 3 aromatic rings. The number of allylic oxidation sites excluding steroid dienone is 1. The number of hydrogen-bond acceptors (Lipinski definition) is 2. The van der Waals surface area contributed by atoms with E-state index >= 15 is 0 Å². The number of ether oxygens (including phenoxy) is 1. The number of phenols is 1. The number of aryl methyl sites for hydroxylation is 1. The van der Waals surface area contributed by atoms with E-state index in [2.05, 4.69) is 75.4 Å². The maximum absolute atomic E-state index is 12.4. The molecule has 0 aromatic heterocycles. The van der Waals surface area contributed by atoms with Crippen LogP contribution in [0.4, 0.5) is 4.39 Å². The first-order chi connectivity index (χ1) is 19.3. The Balaban J connectivity index is 1.40. The summed E-state index contributed by atoms with van der Waals surface area (Å²) in [6, 6.07) is 23.6. The molecule has 212 valence electrons. The Morgan fingerprint density at radius 2 is 1.60 bits per heavy atom. The van der Waals surface area contributed by atoms with Crippen molar-refractivity contribution >= 4 is 11.1 Å². The molecular formula is C37H45FO2. The Morgan fingerprint density at radius 1 is 0.850 bits per heavy atom. The van der Waals surface area contributed by atoms with Crippen LogP contribution in [0.15, 0.2) is 66.7 Å². The molecule has 3 heteroatoms. The molecule has 1 unspecified atom stereocenters. The zero-order valence-corrected chi connectivity index (χ0v) is 24.5. The van der Waals surface area contributed by atoms with Gasteiger partial charge in [-0.25, -0.2) is 0 Å². The molecule has 1 N–H and O–H groups in total. The number of hydrogen-bond donors (Lipinski definition) is 1. The Kier molecular flexibility index (Phi) is 8.98. The van der Waals surface area contributed by atoms with E-state index in [9.17, 15) is 9.50 Å². The molecule has 0 spiro atoms. The van der Waals surface area contributed by atoms with Gasteiger partial charge in [-0.1, -0.05) is 82.5 Å². The highest BCUT2D eigenvalue weighted by atomic mass is 19.1. The quantitative estimate of drug-likeness (QED) is 0.274. The molecule has 0 heterocycles. The van der Waals surface area contributed by atoms with Crippen LogP contribution in [0, 0.1) is 5.92 Å². The van der Waals surface area contributed by atoms with Crippen LogP contribution < -0.4 is 4.74 Å². The average molecular weight is 541 g/mol. The van der Waals surface area contributed by atoms with Crippen LogP contribution in [0.25, 0.3) is 11.1 Å². The molecule has 0 radical (unpaired) electrons. The number of aromatic hydroxyl groups is 1. The highest BCUT2D eigenvalue weighted by Gasteiger charge is 2.26. The summed E-state index contributed by atoms with van der Waals surface area (Å²) in [6.07, 6.45) is 10.7. The van der Waals surface area contributed by atoms with Crippen molar-refractivity contribution in [2.45, 2.75) is 96.5 Å². The second-order valence-electron chi connectivity index (χ2n) is 12.9. The van der Waals surface area contributed by atoms with E-state index in [4.69, 9.17) is 4.74 Å². The van der Waals surface area contributed by atoms with Gasteiger partial charge in [0.1, 0.15) is 11.5 Å². The lowest BCUT2D eigenvalue weighted by atomic mass is 9.84. The van der Waals surface area contributed by atoms with Gasteiger partial charge < -0.3 is 9.84 Å². The number of benzene rings is 3. The molecule has 0 bridgehead atoms. The fourth-order valence-electron chi connectivity index (χ4n) is 6.56. The van der Waals surface area contributed by atoms with E-state index in [1.54, 1.807) is 0 Å². The Labute approximate surface area is 240 Å². The zero-order valence-electron chi connectivity index (χ0n) is 24.5. The third-order valence-corrected chi connectivity index (χ3v) is 8.82.